The minimum atomic E-state index is -3.80. The minimum Gasteiger partial charge on any atom is -0.392 e. The quantitative estimate of drug-likeness (QED) is 0.889. The van der Waals surface area contributed by atoms with Crippen molar-refractivity contribution in [2.24, 2.45) is 0 Å². The number of anilines is 1. The topological polar surface area (TPSA) is 66.4 Å². The predicted octanol–water partition coefficient (Wildman–Crippen LogP) is 3.59. The zero-order valence-corrected chi connectivity index (χ0v) is 13.4. The van der Waals surface area contributed by atoms with Crippen LogP contribution in [0.4, 0.5) is 5.69 Å². The van der Waals surface area contributed by atoms with E-state index in [1.165, 1.54) is 18.2 Å². The normalized spacial score (nSPS) is 11.4. The van der Waals surface area contributed by atoms with E-state index in [4.69, 9.17) is 28.3 Å². The summed E-state index contributed by atoms with van der Waals surface area (Å²) >= 11 is 11.9. The maximum atomic E-state index is 12.3. The second-order valence-electron chi connectivity index (χ2n) is 4.50. The molecule has 0 heterocycles. The zero-order chi connectivity index (χ0) is 15.6. The van der Waals surface area contributed by atoms with Crippen LogP contribution in [0.1, 0.15) is 11.1 Å². The van der Waals surface area contributed by atoms with Gasteiger partial charge in [-0.05, 0) is 42.3 Å². The third-order valence-electron chi connectivity index (χ3n) is 2.87. The van der Waals surface area contributed by atoms with E-state index in [1.807, 2.05) is 6.92 Å². The van der Waals surface area contributed by atoms with Crippen LogP contribution in [0.2, 0.25) is 10.0 Å². The second kappa shape index (κ2) is 6.23. The van der Waals surface area contributed by atoms with Gasteiger partial charge in [0.2, 0.25) is 0 Å². The highest BCUT2D eigenvalue weighted by atomic mass is 35.5. The van der Waals surface area contributed by atoms with Gasteiger partial charge < -0.3 is 5.11 Å². The van der Waals surface area contributed by atoms with Crippen molar-refractivity contribution in [3.63, 3.8) is 0 Å². The van der Waals surface area contributed by atoms with Gasteiger partial charge in [-0.1, -0.05) is 35.3 Å². The summed E-state index contributed by atoms with van der Waals surface area (Å²) < 4.78 is 27.0. The number of benzene rings is 2. The van der Waals surface area contributed by atoms with E-state index < -0.39 is 10.0 Å². The lowest BCUT2D eigenvalue weighted by Gasteiger charge is -2.11. The molecule has 2 N–H and O–H groups in total. The number of aliphatic hydroxyl groups excluding tert-OH is 1. The fourth-order valence-corrected chi connectivity index (χ4v) is 3.48. The second-order valence-corrected chi connectivity index (χ2v) is 7.00. The first-order valence-corrected chi connectivity index (χ1v) is 8.25. The van der Waals surface area contributed by atoms with Crippen LogP contribution >= 0.6 is 23.2 Å². The summed E-state index contributed by atoms with van der Waals surface area (Å²) in [6, 6.07) is 9.15. The highest BCUT2D eigenvalue weighted by Crippen LogP contribution is 2.27. The summed E-state index contributed by atoms with van der Waals surface area (Å²) in [7, 11) is -3.80. The molecule has 2 aromatic rings. The molecule has 0 amide bonds. The van der Waals surface area contributed by atoms with E-state index in [1.54, 1.807) is 18.2 Å². The molecule has 0 saturated heterocycles. The Morgan fingerprint density at radius 2 is 1.81 bits per heavy atom. The molecule has 0 aromatic heterocycles. The SMILES string of the molecule is Cc1ccc(NS(=O)(=O)c2ccc(CO)c(Cl)c2)c(Cl)c1. The van der Waals surface area contributed by atoms with Crippen LogP contribution in [0.5, 0.6) is 0 Å². The largest absolute Gasteiger partial charge is 0.392 e. The Bertz CT molecular complexity index is 776. The molecule has 0 aliphatic carbocycles. The number of sulfonamides is 1. The Kier molecular flexibility index (Phi) is 4.78. The van der Waals surface area contributed by atoms with Crippen molar-refractivity contribution >= 4 is 38.9 Å². The monoisotopic (exact) mass is 345 g/mol. The molecule has 7 heteroatoms. The van der Waals surface area contributed by atoms with Crippen LogP contribution < -0.4 is 4.72 Å². The molecule has 0 radical (unpaired) electrons. The molecule has 0 atom stereocenters. The third kappa shape index (κ3) is 3.68. The predicted molar refractivity (Wildman–Crippen MR) is 84.4 cm³/mol. The molecule has 4 nitrogen and oxygen atoms in total. The fraction of sp³-hybridized carbons (Fsp3) is 0.143. The molecular weight excluding hydrogens is 333 g/mol. The Balaban J connectivity index is 2.36. The molecule has 0 unspecified atom stereocenters. The molecular formula is C14H13Cl2NO3S. The van der Waals surface area contributed by atoms with Crippen LogP contribution in [0, 0.1) is 6.92 Å². The zero-order valence-electron chi connectivity index (χ0n) is 11.1. The smallest absolute Gasteiger partial charge is 0.261 e. The van der Waals surface area contributed by atoms with Crippen molar-refractivity contribution in [3.05, 3.63) is 57.6 Å². The Morgan fingerprint density at radius 1 is 1.10 bits per heavy atom. The first-order chi connectivity index (χ1) is 9.83. The van der Waals surface area contributed by atoms with Gasteiger partial charge in [0.05, 0.1) is 22.2 Å². The molecule has 2 rings (SSSR count). The lowest BCUT2D eigenvalue weighted by atomic mass is 10.2. The molecule has 0 spiro atoms. The molecule has 112 valence electrons. The summed E-state index contributed by atoms with van der Waals surface area (Å²) in [6.45, 7) is 1.61. The molecule has 0 aliphatic heterocycles. The Labute approximate surface area is 133 Å². The van der Waals surface area contributed by atoms with Gasteiger partial charge in [0, 0.05) is 5.02 Å². The third-order valence-corrected chi connectivity index (χ3v) is 4.90. The summed E-state index contributed by atoms with van der Waals surface area (Å²) in [5, 5.41) is 9.55. The van der Waals surface area contributed by atoms with Gasteiger partial charge >= 0.3 is 0 Å². The maximum Gasteiger partial charge on any atom is 0.261 e. The minimum absolute atomic E-state index is 0.00124. The van der Waals surface area contributed by atoms with E-state index in [-0.39, 0.29) is 16.5 Å². The molecule has 0 saturated carbocycles. The summed E-state index contributed by atoms with van der Waals surface area (Å²) in [4.78, 5) is 0.00124. The van der Waals surface area contributed by atoms with Crippen molar-refractivity contribution in [3.8, 4) is 0 Å². The molecule has 0 bridgehead atoms. The number of rotatable bonds is 4. The lowest BCUT2D eigenvalue weighted by molar-refractivity contribution is 0.282. The van der Waals surface area contributed by atoms with Crippen molar-refractivity contribution < 1.29 is 13.5 Å². The number of aryl methyl sites for hydroxylation is 1. The van der Waals surface area contributed by atoms with E-state index >= 15 is 0 Å². The Hall–Kier alpha value is -1.27. The highest BCUT2D eigenvalue weighted by molar-refractivity contribution is 7.92. The van der Waals surface area contributed by atoms with Crippen LogP contribution in [-0.4, -0.2) is 13.5 Å². The van der Waals surface area contributed by atoms with Crippen molar-refractivity contribution in [2.45, 2.75) is 18.4 Å². The lowest BCUT2D eigenvalue weighted by Crippen LogP contribution is -2.13. The molecule has 21 heavy (non-hydrogen) atoms. The summed E-state index contributed by atoms with van der Waals surface area (Å²) in [5.41, 5.74) is 1.69. The molecule has 0 fully saturated rings. The van der Waals surface area contributed by atoms with Crippen molar-refractivity contribution in [1.29, 1.82) is 0 Å². The molecule has 0 aliphatic rings. The standard InChI is InChI=1S/C14H13Cl2NO3S/c1-9-2-5-14(13(16)6-9)17-21(19,20)11-4-3-10(8-18)12(15)7-11/h2-7,17-18H,8H2,1H3. The number of nitrogens with one attached hydrogen (secondary N) is 1. The van der Waals surface area contributed by atoms with Crippen LogP contribution in [0.25, 0.3) is 0 Å². The van der Waals surface area contributed by atoms with Gasteiger partial charge in [-0.2, -0.15) is 0 Å². The first kappa shape index (κ1) is 16.1. The summed E-state index contributed by atoms with van der Waals surface area (Å²) in [5.74, 6) is 0. The van der Waals surface area contributed by atoms with Gasteiger partial charge in [0.25, 0.3) is 10.0 Å². The number of hydrogen-bond acceptors (Lipinski definition) is 3. The highest BCUT2D eigenvalue weighted by Gasteiger charge is 2.17. The number of hydrogen-bond donors (Lipinski definition) is 2. The van der Waals surface area contributed by atoms with Gasteiger partial charge in [-0.15, -0.1) is 0 Å². The Morgan fingerprint density at radius 3 is 2.38 bits per heavy atom. The van der Waals surface area contributed by atoms with Gasteiger partial charge in [0.15, 0.2) is 0 Å². The van der Waals surface area contributed by atoms with E-state index in [2.05, 4.69) is 4.72 Å². The van der Waals surface area contributed by atoms with Gasteiger partial charge in [0.1, 0.15) is 0 Å². The average Bonchev–Trinajstić information content (AvgIpc) is 2.42. The van der Waals surface area contributed by atoms with E-state index in [9.17, 15) is 8.42 Å². The maximum absolute atomic E-state index is 12.3. The fourth-order valence-electron chi connectivity index (χ4n) is 1.73. The van der Waals surface area contributed by atoms with Gasteiger partial charge in [-0.3, -0.25) is 4.72 Å². The van der Waals surface area contributed by atoms with Crippen LogP contribution in [-0.2, 0) is 16.6 Å². The number of aliphatic hydroxyl groups is 1. The van der Waals surface area contributed by atoms with E-state index in [0.29, 0.717) is 16.3 Å². The van der Waals surface area contributed by atoms with Crippen molar-refractivity contribution in [2.75, 3.05) is 4.72 Å². The van der Waals surface area contributed by atoms with Crippen molar-refractivity contribution in [1.82, 2.24) is 0 Å². The first-order valence-electron chi connectivity index (χ1n) is 6.02. The molecule has 2 aromatic carbocycles. The van der Waals surface area contributed by atoms with Gasteiger partial charge in [-0.25, -0.2) is 8.42 Å². The number of halogens is 2. The average molecular weight is 346 g/mol. The summed E-state index contributed by atoms with van der Waals surface area (Å²) in [6.07, 6.45) is 0. The van der Waals surface area contributed by atoms with Crippen LogP contribution in [0.3, 0.4) is 0 Å². The van der Waals surface area contributed by atoms with E-state index in [0.717, 1.165) is 5.56 Å². The van der Waals surface area contributed by atoms with Crippen LogP contribution in [0.15, 0.2) is 41.3 Å².